The van der Waals surface area contributed by atoms with Crippen LogP contribution in [0.2, 0.25) is 10.0 Å². The minimum absolute atomic E-state index is 0.00239. The van der Waals surface area contributed by atoms with Crippen LogP contribution in [0.25, 0.3) is 0 Å². The number of H-pyrrole nitrogens is 1. The number of ether oxygens (including phenoxy) is 3. The molecule has 0 radical (unpaired) electrons. The smallest absolute Gasteiger partial charge is 0.350 e. The van der Waals surface area contributed by atoms with E-state index in [-0.39, 0.29) is 52.5 Å². The molecule has 2 aromatic rings. The Balaban J connectivity index is 1.75. The largest absolute Gasteiger partial charge is 0.462 e. The molecule has 2 aromatic heterocycles. The van der Waals surface area contributed by atoms with Crippen LogP contribution in [0.4, 0.5) is 5.13 Å². The molecule has 0 bridgehead atoms. The number of hydrogen-bond acceptors (Lipinski definition) is 9. The lowest BCUT2D eigenvalue weighted by Gasteiger charge is -2.37. The predicted molar refractivity (Wildman–Crippen MR) is 137 cm³/mol. The third-order valence-electron chi connectivity index (χ3n) is 5.61. The molecule has 36 heavy (non-hydrogen) atoms. The van der Waals surface area contributed by atoms with E-state index in [0.717, 1.165) is 11.3 Å². The lowest BCUT2D eigenvalue weighted by Crippen LogP contribution is -2.55. The van der Waals surface area contributed by atoms with Crippen LogP contribution >= 0.6 is 34.5 Å². The van der Waals surface area contributed by atoms with Gasteiger partial charge in [-0.1, -0.05) is 34.5 Å². The fourth-order valence-corrected chi connectivity index (χ4v) is 5.15. The minimum atomic E-state index is -0.611. The summed E-state index contributed by atoms with van der Waals surface area (Å²) in [5.74, 6) is -1.48. The number of carbonyl (C=O) groups excluding carboxylic acids is 3. The fourth-order valence-electron chi connectivity index (χ4n) is 3.75. The highest BCUT2D eigenvalue weighted by Crippen LogP contribution is 2.31. The van der Waals surface area contributed by atoms with E-state index in [0.29, 0.717) is 42.0 Å². The molecule has 0 saturated carbocycles. The molecule has 0 aromatic carbocycles. The van der Waals surface area contributed by atoms with Crippen LogP contribution in [-0.2, 0) is 14.2 Å². The Bertz CT molecular complexity index is 1110. The number of esters is 1. The Labute approximate surface area is 222 Å². The van der Waals surface area contributed by atoms with E-state index < -0.39 is 11.9 Å². The van der Waals surface area contributed by atoms with Gasteiger partial charge in [0.1, 0.15) is 10.6 Å². The highest BCUT2D eigenvalue weighted by Gasteiger charge is 2.34. The highest BCUT2D eigenvalue weighted by molar-refractivity contribution is 7.17. The molecule has 3 rings (SSSR count). The van der Waals surface area contributed by atoms with Crippen LogP contribution in [0.3, 0.4) is 0 Å². The zero-order valence-electron chi connectivity index (χ0n) is 20.4. The van der Waals surface area contributed by atoms with Crippen molar-refractivity contribution in [2.75, 3.05) is 52.0 Å². The summed E-state index contributed by atoms with van der Waals surface area (Å²) in [4.78, 5) is 47.4. The molecular weight excluding hydrogens is 533 g/mol. The molecule has 1 fully saturated rings. The van der Waals surface area contributed by atoms with E-state index in [2.05, 4.69) is 20.6 Å². The number of piperidine rings is 1. The second-order valence-corrected chi connectivity index (χ2v) is 9.72. The van der Waals surface area contributed by atoms with E-state index in [9.17, 15) is 14.4 Å². The predicted octanol–water partition coefficient (Wildman–Crippen LogP) is 2.66. The molecule has 2 atom stereocenters. The van der Waals surface area contributed by atoms with Gasteiger partial charge in [-0.05, 0) is 20.3 Å². The van der Waals surface area contributed by atoms with Crippen LogP contribution in [0, 0.1) is 6.92 Å². The van der Waals surface area contributed by atoms with E-state index >= 15 is 0 Å². The van der Waals surface area contributed by atoms with Gasteiger partial charge in [-0.2, -0.15) is 0 Å². The number of hydrogen-bond donors (Lipinski definition) is 3. The number of aromatic amines is 1. The van der Waals surface area contributed by atoms with Crippen molar-refractivity contribution in [1.82, 2.24) is 20.6 Å². The number of nitrogens with zero attached hydrogens (tertiary/aromatic N) is 2. The summed E-state index contributed by atoms with van der Waals surface area (Å²) in [7, 11) is 3.08. The van der Waals surface area contributed by atoms with Gasteiger partial charge in [0.15, 0.2) is 10.8 Å². The summed E-state index contributed by atoms with van der Waals surface area (Å²) < 4.78 is 15.7. The molecule has 2 amide bonds. The van der Waals surface area contributed by atoms with Crippen LogP contribution in [-0.4, -0.2) is 87.0 Å². The summed E-state index contributed by atoms with van der Waals surface area (Å²) in [6.45, 7) is 5.07. The quantitative estimate of drug-likeness (QED) is 0.297. The molecule has 0 aliphatic carbocycles. The highest BCUT2D eigenvalue weighted by atomic mass is 35.5. The van der Waals surface area contributed by atoms with Gasteiger partial charge in [0.25, 0.3) is 11.8 Å². The number of methoxy groups -OCH3 is 2. The summed E-state index contributed by atoms with van der Waals surface area (Å²) in [6.07, 6.45) is 0.140. The van der Waals surface area contributed by atoms with Crippen LogP contribution < -0.4 is 15.5 Å². The lowest BCUT2D eigenvalue weighted by molar-refractivity contribution is 0.0527. The Hall–Kier alpha value is -2.38. The number of amides is 2. The molecule has 1 aliphatic heterocycles. The van der Waals surface area contributed by atoms with E-state index in [1.165, 1.54) is 7.11 Å². The maximum absolute atomic E-state index is 12.8. The van der Waals surface area contributed by atoms with Crippen molar-refractivity contribution in [2.24, 2.45) is 0 Å². The Kier molecular flexibility index (Phi) is 9.97. The summed E-state index contributed by atoms with van der Waals surface area (Å²) in [5.41, 5.74) is 0.801. The number of rotatable bonds is 10. The fraction of sp³-hybridized carbons (Fsp3) is 0.545. The normalized spacial score (nSPS) is 17.7. The number of aryl methyl sites for hydroxylation is 1. The Morgan fingerprint density at radius 1 is 1.22 bits per heavy atom. The molecule has 1 saturated heterocycles. The standard InChI is InChI=1S/C22H29Cl2N5O6S/c1-5-35-21(32)18-17(19(30)25-7-9-33-3)28-22(36-18)29-8-6-12(13(10-29)34-4)27-20(31)16-15(24)14(23)11(2)26-16/h12-13,26H,5-10H2,1-4H3,(H,25,30)(H,27,31). The van der Waals surface area contributed by atoms with Crippen molar-refractivity contribution in [2.45, 2.75) is 32.4 Å². The van der Waals surface area contributed by atoms with Crippen molar-refractivity contribution in [3.63, 3.8) is 0 Å². The average Bonchev–Trinajstić information content (AvgIpc) is 3.42. The van der Waals surface area contributed by atoms with Crippen molar-refractivity contribution in [3.05, 3.63) is 32.0 Å². The molecule has 0 spiro atoms. The molecule has 11 nitrogen and oxygen atoms in total. The monoisotopic (exact) mass is 561 g/mol. The Morgan fingerprint density at radius 2 is 1.97 bits per heavy atom. The molecular formula is C22H29Cl2N5O6S. The van der Waals surface area contributed by atoms with Crippen molar-refractivity contribution >= 4 is 57.5 Å². The number of nitrogens with one attached hydrogen (secondary N) is 3. The number of aromatic nitrogens is 2. The SMILES string of the molecule is CCOC(=O)c1sc(N2CCC(NC(=O)c3[nH]c(C)c(Cl)c3Cl)C(OC)C2)nc1C(=O)NCCOC. The van der Waals surface area contributed by atoms with Gasteiger partial charge in [-0.3, -0.25) is 9.59 Å². The molecule has 14 heteroatoms. The van der Waals surface area contributed by atoms with Gasteiger partial charge in [0, 0.05) is 39.5 Å². The van der Waals surface area contributed by atoms with Gasteiger partial charge < -0.3 is 34.7 Å². The van der Waals surface area contributed by atoms with E-state index in [4.69, 9.17) is 37.4 Å². The number of anilines is 1. The summed E-state index contributed by atoms with van der Waals surface area (Å²) in [5, 5.41) is 6.60. The van der Waals surface area contributed by atoms with Gasteiger partial charge in [0.05, 0.1) is 35.4 Å². The average molecular weight is 562 g/mol. The van der Waals surface area contributed by atoms with Gasteiger partial charge in [-0.15, -0.1) is 0 Å². The van der Waals surface area contributed by atoms with Gasteiger partial charge in [-0.25, -0.2) is 9.78 Å². The summed E-state index contributed by atoms with van der Waals surface area (Å²) >= 11 is 13.4. The third kappa shape index (κ3) is 6.30. The maximum Gasteiger partial charge on any atom is 0.350 e. The van der Waals surface area contributed by atoms with Gasteiger partial charge in [0.2, 0.25) is 0 Å². The lowest BCUT2D eigenvalue weighted by atomic mass is 10.0. The first kappa shape index (κ1) is 28.2. The maximum atomic E-state index is 12.8. The Morgan fingerprint density at radius 3 is 2.58 bits per heavy atom. The zero-order chi connectivity index (χ0) is 26.4. The number of halogens is 2. The molecule has 2 unspecified atom stereocenters. The van der Waals surface area contributed by atoms with Crippen LogP contribution in [0.1, 0.15) is 49.7 Å². The second-order valence-electron chi connectivity index (χ2n) is 7.99. The number of carbonyl (C=O) groups is 3. The molecule has 3 heterocycles. The van der Waals surface area contributed by atoms with Crippen molar-refractivity contribution < 1.29 is 28.6 Å². The topological polar surface area (TPSA) is 135 Å². The van der Waals surface area contributed by atoms with E-state index in [1.54, 1.807) is 21.0 Å². The first-order valence-electron chi connectivity index (χ1n) is 11.3. The first-order chi connectivity index (χ1) is 17.2. The van der Waals surface area contributed by atoms with E-state index in [1.807, 2.05) is 4.90 Å². The molecule has 3 N–H and O–H groups in total. The van der Waals surface area contributed by atoms with Crippen LogP contribution in [0.5, 0.6) is 0 Å². The van der Waals surface area contributed by atoms with Crippen molar-refractivity contribution in [3.8, 4) is 0 Å². The second kappa shape index (κ2) is 12.7. The van der Waals surface area contributed by atoms with Crippen molar-refractivity contribution in [1.29, 1.82) is 0 Å². The van der Waals surface area contributed by atoms with Crippen LogP contribution in [0.15, 0.2) is 0 Å². The molecule has 1 aliphatic rings. The zero-order valence-corrected chi connectivity index (χ0v) is 22.7. The number of thiazole rings is 1. The minimum Gasteiger partial charge on any atom is -0.462 e. The summed E-state index contributed by atoms with van der Waals surface area (Å²) in [6, 6.07) is -0.307. The first-order valence-corrected chi connectivity index (χ1v) is 12.9. The molecule has 198 valence electrons. The third-order valence-corrected chi connectivity index (χ3v) is 7.66. The van der Waals surface area contributed by atoms with Gasteiger partial charge >= 0.3 is 5.97 Å².